The third kappa shape index (κ3) is 4.18. The number of amides is 1. The molecule has 1 unspecified atom stereocenters. The molecule has 4 rings (SSSR count). The smallest absolute Gasteiger partial charge is 0.318 e. The fourth-order valence-electron chi connectivity index (χ4n) is 4.01. The van der Waals surface area contributed by atoms with Gasteiger partial charge in [-0.15, -0.1) is 0 Å². The molecule has 0 aromatic heterocycles. The van der Waals surface area contributed by atoms with Crippen LogP contribution in [-0.4, -0.2) is 47.0 Å². The summed E-state index contributed by atoms with van der Waals surface area (Å²) in [5.74, 6) is -1.62. The molecule has 0 saturated carbocycles. The van der Waals surface area contributed by atoms with Gasteiger partial charge in [-0.3, -0.25) is 9.59 Å². The molecule has 2 heterocycles. The van der Waals surface area contributed by atoms with Crippen LogP contribution in [0.2, 0.25) is 0 Å². The SMILES string of the molecule is NC(=N[N+](=O)[O-])N1CCC(OC(=O)C2c3ccccc3NC(=O)c3ccccc32)CC1. The zero-order chi connectivity index (χ0) is 22.0. The molecule has 10 nitrogen and oxygen atoms in total. The minimum Gasteiger partial charge on any atom is -0.462 e. The summed E-state index contributed by atoms with van der Waals surface area (Å²) >= 11 is 0. The molecule has 0 spiro atoms. The molecule has 3 N–H and O–H groups in total. The number of piperidine rings is 1. The number of likely N-dealkylation sites (tertiary alicyclic amines) is 1. The summed E-state index contributed by atoms with van der Waals surface area (Å²) in [6.45, 7) is 0.776. The minimum absolute atomic E-state index is 0.161. The van der Waals surface area contributed by atoms with Gasteiger partial charge in [-0.05, 0) is 23.3 Å². The number of nitro groups is 1. The van der Waals surface area contributed by atoms with Crippen LogP contribution in [0.15, 0.2) is 53.6 Å². The van der Waals surface area contributed by atoms with Crippen molar-refractivity contribution in [1.29, 1.82) is 0 Å². The number of hydrazone groups is 1. The summed E-state index contributed by atoms with van der Waals surface area (Å²) in [6.07, 6.45) is 0.568. The molecule has 1 atom stereocenters. The quantitative estimate of drug-likeness (QED) is 0.253. The highest BCUT2D eigenvalue weighted by atomic mass is 16.7. The number of nitrogens with zero attached hydrogens (tertiary/aromatic N) is 3. The van der Waals surface area contributed by atoms with E-state index in [0.29, 0.717) is 48.3 Å². The Morgan fingerprint density at radius 2 is 1.77 bits per heavy atom. The van der Waals surface area contributed by atoms with Gasteiger partial charge >= 0.3 is 5.97 Å². The number of hydrogen-bond donors (Lipinski definition) is 2. The molecular weight excluding hydrogens is 402 g/mol. The van der Waals surface area contributed by atoms with Crippen LogP contribution in [-0.2, 0) is 9.53 Å². The molecule has 1 saturated heterocycles. The van der Waals surface area contributed by atoms with E-state index in [1.165, 1.54) is 0 Å². The van der Waals surface area contributed by atoms with Gasteiger partial charge in [-0.25, -0.2) is 10.1 Å². The van der Waals surface area contributed by atoms with E-state index in [-0.39, 0.29) is 18.0 Å². The Bertz CT molecular complexity index is 1060. The lowest BCUT2D eigenvalue weighted by Crippen LogP contribution is -2.45. The van der Waals surface area contributed by atoms with Crippen molar-refractivity contribution in [2.45, 2.75) is 24.9 Å². The van der Waals surface area contributed by atoms with Gasteiger partial charge in [0.15, 0.2) is 5.03 Å². The number of nitrogens with one attached hydrogen (secondary N) is 1. The summed E-state index contributed by atoms with van der Waals surface area (Å²) in [4.78, 5) is 38.1. The summed E-state index contributed by atoms with van der Waals surface area (Å²) < 4.78 is 5.83. The number of guanidine groups is 1. The second kappa shape index (κ2) is 8.42. The van der Waals surface area contributed by atoms with Gasteiger partial charge < -0.3 is 20.7 Å². The van der Waals surface area contributed by atoms with Crippen LogP contribution in [0.1, 0.15) is 40.2 Å². The maximum atomic E-state index is 13.3. The molecule has 2 aromatic rings. The largest absolute Gasteiger partial charge is 0.462 e. The molecule has 0 aliphatic carbocycles. The predicted molar refractivity (Wildman–Crippen MR) is 112 cm³/mol. The van der Waals surface area contributed by atoms with Crippen molar-refractivity contribution in [1.82, 2.24) is 4.90 Å². The van der Waals surface area contributed by atoms with Crippen LogP contribution >= 0.6 is 0 Å². The van der Waals surface area contributed by atoms with E-state index < -0.39 is 16.9 Å². The molecule has 2 aliphatic heterocycles. The molecule has 10 heteroatoms. The molecule has 0 radical (unpaired) electrons. The maximum Gasteiger partial charge on any atom is 0.318 e. The minimum atomic E-state index is -0.836. The van der Waals surface area contributed by atoms with E-state index in [1.807, 2.05) is 6.07 Å². The zero-order valence-electron chi connectivity index (χ0n) is 16.6. The Kier molecular flexibility index (Phi) is 5.52. The monoisotopic (exact) mass is 423 g/mol. The van der Waals surface area contributed by atoms with Crippen LogP contribution in [0.4, 0.5) is 5.69 Å². The summed E-state index contributed by atoms with van der Waals surface area (Å²) in [7, 11) is 0. The van der Waals surface area contributed by atoms with Crippen LogP contribution in [0.3, 0.4) is 0 Å². The number of fused-ring (bicyclic) bond motifs is 2. The lowest BCUT2D eigenvalue weighted by molar-refractivity contribution is -0.485. The van der Waals surface area contributed by atoms with Crippen LogP contribution in [0.25, 0.3) is 0 Å². The van der Waals surface area contributed by atoms with Gasteiger partial charge in [0.25, 0.3) is 11.9 Å². The summed E-state index contributed by atoms with van der Waals surface area (Å²) in [6, 6.07) is 14.2. The normalized spacial score (nSPS) is 19.0. The Morgan fingerprint density at radius 3 is 2.48 bits per heavy atom. The first-order valence-corrected chi connectivity index (χ1v) is 9.87. The van der Waals surface area contributed by atoms with Gasteiger partial charge in [0, 0.05) is 37.2 Å². The molecule has 0 bridgehead atoms. The molecule has 160 valence electrons. The first-order valence-electron chi connectivity index (χ1n) is 9.87. The third-order valence-electron chi connectivity index (χ3n) is 5.51. The number of ether oxygens (including phenoxy) is 1. The van der Waals surface area contributed by atoms with Crippen LogP contribution in [0.5, 0.6) is 0 Å². The highest BCUT2D eigenvalue weighted by Gasteiger charge is 2.35. The number of hydrogen-bond acceptors (Lipinski definition) is 5. The molecule has 2 aromatic carbocycles. The number of para-hydroxylation sites is 1. The van der Waals surface area contributed by atoms with Gasteiger partial charge in [0.05, 0.1) is 0 Å². The van der Waals surface area contributed by atoms with E-state index in [0.717, 1.165) is 0 Å². The molecule has 1 amide bonds. The fraction of sp³-hybridized carbons (Fsp3) is 0.286. The number of carbonyl (C=O) groups excluding carboxylic acids is 2. The molecule has 31 heavy (non-hydrogen) atoms. The Balaban J connectivity index is 1.55. The van der Waals surface area contributed by atoms with Crippen molar-refractivity contribution in [2.24, 2.45) is 10.8 Å². The number of nitrogens with two attached hydrogens (primary N) is 1. The summed E-state index contributed by atoms with van der Waals surface area (Å²) in [5.41, 5.74) is 7.90. The molecule has 1 fully saturated rings. The lowest BCUT2D eigenvalue weighted by Gasteiger charge is -2.32. The Morgan fingerprint density at radius 1 is 1.13 bits per heavy atom. The summed E-state index contributed by atoms with van der Waals surface area (Å²) in [5, 5.41) is 15.7. The lowest BCUT2D eigenvalue weighted by atomic mass is 9.88. The average molecular weight is 423 g/mol. The maximum absolute atomic E-state index is 13.3. The zero-order valence-corrected chi connectivity index (χ0v) is 16.6. The van der Waals surface area contributed by atoms with Crippen molar-refractivity contribution in [3.8, 4) is 0 Å². The van der Waals surface area contributed by atoms with E-state index in [9.17, 15) is 19.7 Å². The number of esters is 1. The molecular formula is C21H21N5O5. The number of anilines is 1. The fourth-order valence-corrected chi connectivity index (χ4v) is 4.01. The van der Waals surface area contributed by atoms with E-state index >= 15 is 0 Å². The van der Waals surface area contributed by atoms with E-state index in [4.69, 9.17) is 10.5 Å². The predicted octanol–water partition coefficient (Wildman–Crippen LogP) is 1.90. The average Bonchev–Trinajstić information content (AvgIpc) is 2.87. The van der Waals surface area contributed by atoms with Crippen molar-refractivity contribution >= 4 is 23.5 Å². The Hall–Kier alpha value is -3.95. The number of rotatable bonds is 3. The van der Waals surface area contributed by atoms with Crippen LogP contribution < -0.4 is 11.1 Å². The van der Waals surface area contributed by atoms with Gasteiger partial charge in [0.2, 0.25) is 0 Å². The van der Waals surface area contributed by atoms with Gasteiger partial charge in [0.1, 0.15) is 17.1 Å². The number of carbonyl (C=O) groups is 2. The molecule has 2 aliphatic rings. The van der Waals surface area contributed by atoms with Crippen molar-refractivity contribution in [2.75, 3.05) is 18.4 Å². The van der Waals surface area contributed by atoms with Gasteiger partial charge in [-0.2, -0.15) is 0 Å². The van der Waals surface area contributed by atoms with Crippen LogP contribution in [0, 0.1) is 10.1 Å². The Labute approximate surface area is 177 Å². The number of benzene rings is 2. The van der Waals surface area contributed by atoms with Crippen molar-refractivity contribution < 1.29 is 19.4 Å². The standard InChI is InChI=1S/C21H21N5O5/c22-21(24-26(29)30)25-11-9-13(10-12-25)31-20(28)18-14-5-1-2-6-15(14)19(27)23-17-8-4-3-7-16(17)18/h1-8,13,18H,9-12H2,(H2,22,24)(H,23,27). The van der Waals surface area contributed by atoms with E-state index in [1.54, 1.807) is 47.4 Å². The second-order valence-corrected chi connectivity index (χ2v) is 7.38. The third-order valence-corrected chi connectivity index (χ3v) is 5.51. The topological polar surface area (TPSA) is 140 Å². The van der Waals surface area contributed by atoms with Gasteiger partial charge in [-0.1, -0.05) is 36.4 Å². The van der Waals surface area contributed by atoms with E-state index in [2.05, 4.69) is 10.4 Å². The highest BCUT2D eigenvalue weighted by Crippen LogP contribution is 2.37. The second-order valence-electron chi connectivity index (χ2n) is 7.38. The van der Waals surface area contributed by atoms with Crippen molar-refractivity contribution in [3.63, 3.8) is 0 Å². The first kappa shape index (κ1) is 20.3. The highest BCUT2D eigenvalue weighted by molar-refractivity contribution is 6.09. The van der Waals surface area contributed by atoms with Crippen molar-refractivity contribution in [3.05, 3.63) is 75.3 Å². The first-order chi connectivity index (χ1) is 14.9.